The van der Waals surface area contributed by atoms with Crippen LogP contribution in [0.25, 0.3) is 0 Å². The van der Waals surface area contributed by atoms with E-state index >= 15 is 0 Å². The lowest BCUT2D eigenvalue weighted by Gasteiger charge is -2.38. The summed E-state index contributed by atoms with van der Waals surface area (Å²) in [6.45, 7) is 4.18. The van der Waals surface area contributed by atoms with Gasteiger partial charge in [0.1, 0.15) is 0 Å². The van der Waals surface area contributed by atoms with Crippen LogP contribution in [0.15, 0.2) is 21.6 Å². The lowest BCUT2D eigenvalue weighted by Crippen LogP contribution is -2.32. The van der Waals surface area contributed by atoms with Crippen LogP contribution in [0.1, 0.15) is 36.0 Å². The van der Waals surface area contributed by atoms with Gasteiger partial charge in [0, 0.05) is 4.47 Å². The summed E-state index contributed by atoms with van der Waals surface area (Å²) in [5.74, 6) is 0. The van der Waals surface area contributed by atoms with Crippen molar-refractivity contribution in [2.75, 3.05) is 0 Å². The first kappa shape index (κ1) is 11.6. The van der Waals surface area contributed by atoms with Gasteiger partial charge in [-0.05, 0) is 61.9 Å². The summed E-state index contributed by atoms with van der Waals surface area (Å²) in [5, 5.41) is 0. The van der Waals surface area contributed by atoms with Crippen LogP contribution in [0.3, 0.4) is 0 Å². The van der Waals surface area contributed by atoms with Gasteiger partial charge in [-0.15, -0.1) is 0 Å². The van der Waals surface area contributed by atoms with Crippen molar-refractivity contribution in [3.05, 3.63) is 33.3 Å². The highest BCUT2D eigenvalue weighted by molar-refractivity contribution is 9.10. The van der Waals surface area contributed by atoms with Crippen molar-refractivity contribution in [3.8, 4) is 0 Å². The first-order valence-corrected chi connectivity index (χ1v) is 6.25. The van der Waals surface area contributed by atoms with E-state index in [4.69, 9.17) is 0 Å². The molecule has 1 aromatic rings. The fourth-order valence-electron chi connectivity index (χ4n) is 2.34. The Labute approximate surface area is 104 Å². The standard InChI is InChI=1S/C13H14BrNO/c1-9-6-11(14)7-12(10(9)2)13(15-8-16)4-3-5-13/h6-7H,3-5H2,1-2H3. The van der Waals surface area contributed by atoms with Crippen LogP contribution in [-0.2, 0) is 10.3 Å². The maximum Gasteiger partial charge on any atom is 0.235 e. The van der Waals surface area contributed by atoms with Gasteiger partial charge in [0.05, 0.1) is 5.54 Å². The average Bonchev–Trinajstić information content (AvgIpc) is 2.17. The molecule has 1 aromatic carbocycles. The highest BCUT2D eigenvalue weighted by Gasteiger charge is 2.40. The Morgan fingerprint density at radius 3 is 2.56 bits per heavy atom. The topological polar surface area (TPSA) is 29.4 Å². The van der Waals surface area contributed by atoms with Gasteiger partial charge < -0.3 is 0 Å². The van der Waals surface area contributed by atoms with Crippen LogP contribution in [0, 0.1) is 13.8 Å². The lowest BCUT2D eigenvalue weighted by molar-refractivity contribution is 0.254. The molecule has 84 valence electrons. The second kappa shape index (κ2) is 4.15. The molecule has 16 heavy (non-hydrogen) atoms. The minimum Gasteiger partial charge on any atom is -0.211 e. The third-order valence-electron chi connectivity index (χ3n) is 3.57. The maximum absolute atomic E-state index is 10.6. The summed E-state index contributed by atoms with van der Waals surface area (Å²) in [4.78, 5) is 14.6. The van der Waals surface area contributed by atoms with Crippen molar-refractivity contribution in [2.45, 2.75) is 38.6 Å². The van der Waals surface area contributed by atoms with Crippen LogP contribution in [0.2, 0.25) is 0 Å². The predicted octanol–water partition coefficient (Wildman–Crippen LogP) is 3.78. The Hall–Kier alpha value is -0.920. The zero-order chi connectivity index (χ0) is 11.8. The molecule has 0 unspecified atom stereocenters. The van der Waals surface area contributed by atoms with Crippen molar-refractivity contribution in [1.29, 1.82) is 0 Å². The molecule has 3 heteroatoms. The molecule has 1 aliphatic rings. The fraction of sp³-hybridized carbons (Fsp3) is 0.462. The molecule has 0 atom stereocenters. The van der Waals surface area contributed by atoms with E-state index in [1.54, 1.807) is 6.08 Å². The van der Waals surface area contributed by atoms with E-state index in [9.17, 15) is 4.79 Å². The monoisotopic (exact) mass is 279 g/mol. The molecule has 0 N–H and O–H groups in total. The number of aliphatic imine (C=N–C) groups is 1. The fourth-order valence-corrected chi connectivity index (χ4v) is 2.91. The third-order valence-corrected chi connectivity index (χ3v) is 4.03. The van der Waals surface area contributed by atoms with Gasteiger partial charge in [0.15, 0.2) is 0 Å². The largest absolute Gasteiger partial charge is 0.235 e. The Balaban J connectivity index is 2.58. The van der Waals surface area contributed by atoms with E-state index in [0.29, 0.717) is 0 Å². The van der Waals surface area contributed by atoms with Gasteiger partial charge in [-0.1, -0.05) is 15.9 Å². The van der Waals surface area contributed by atoms with E-state index in [1.807, 2.05) is 0 Å². The minimum atomic E-state index is -0.291. The molecule has 0 spiro atoms. The quantitative estimate of drug-likeness (QED) is 0.598. The lowest BCUT2D eigenvalue weighted by atomic mass is 9.70. The van der Waals surface area contributed by atoms with Crippen LogP contribution in [-0.4, -0.2) is 6.08 Å². The van der Waals surface area contributed by atoms with E-state index in [-0.39, 0.29) is 5.54 Å². The normalized spacial score (nSPS) is 17.4. The molecule has 2 rings (SSSR count). The molecule has 0 heterocycles. The summed E-state index contributed by atoms with van der Waals surface area (Å²) in [6, 6.07) is 4.18. The first-order valence-electron chi connectivity index (χ1n) is 5.45. The molecule has 0 aromatic heterocycles. The summed E-state index contributed by atoms with van der Waals surface area (Å²) in [6.07, 6.45) is 4.78. The molecule has 1 aliphatic carbocycles. The number of aryl methyl sites for hydroxylation is 1. The van der Waals surface area contributed by atoms with Gasteiger partial charge in [0.25, 0.3) is 0 Å². The smallest absolute Gasteiger partial charge is 0.211 e. The highest BCUT2D eigenvalue weighted by atomic mass is 79.9. The van der Waals surface area contributed by atoms with Gasteiger partial charge in [-0.3, -0.25) is 0 Å². The van der Waals surface area contributed by atoms with Crippen molar-refractivity contribution >= 4 is 22.0 Å². The SMILES string of the molecule is Cc1cc(Br)cc(C2(N=C=O)CCC2)c1C. The molecule has 1 saturated carbocycles. The molecule has 0 radical (unpaired) electrons. The number of hydrogen-bond acceptors (Lipinski definition) is 2. The molecule has 0 bridgehead atoms. The van der Waals surface area contributed by atoms with Gasteiger partial charge in [-0.25, -0.2) is 4.79 Å². The number of carbonyl (C=O) groups excluding carboxylic acids is 1. The first-order chi connectivity index (χ1) is 7.59. The number of halogens is 1. The van der Waals surface area contributed by atoms with Crippen LogP contribution >= 0.6 is 15.9 Å². The Morgan fingerprint density at radius 2 is 2.06 bits per heavy atom. The average molecular weight is 280 g/mol. The van der Waals surface area contributed by atoms with E-state index in [0.717, 1.165) is 23.7 Å². The minimum absolute atomic E-state index is 0.291. The molecule has 1 fully saturated rings. The van der Waals surface area contributed by atoms with E-state index in [1.165, 1.54) is 16.7 Å². The summed E-state index contributed by atoms with van der Waals surface area (Å²) >= 11 is 3.50. The van der Waals surface area contributed by atoms with Crippen LogP contribution < -0.4 is 0 Å². The highest BCUT2D eigenvalue weighted by Crippen LogP contribution is 2.46. The van der Waals surface area contributed by atoms with E-state index in [2.05, 4.69) is 46.9 Å². The van der Waals surface area contributed by atoms with Crippen molar-refractivity contribution < 1.29 is 4.79 Å². The number of nitrogens with zero attached hydrogens (tertiary/aromatic N) is 1. The summed E-state index contributed by atoms with van der Waals surface area (Å²) in [5.41, 5.74) is 3.35. The second-order valence-corrected chi connectivity index (χ2v) is 5.40. The number of rotatable bonds is 2. The Bertz CT molecular complexity index is 471. The van der Waals surface area contributed by atoms with E-state index < -0.39 is 0 Å². The molecular weight excluding hydrogens is 266 g/mol. The molecule has 2 nitrogen and oxygen atoms in total. The van der Waals surface area contributed by atoms with Crippen LogP contribution in [0.4, 0.5) is 0 Å². The predicted molar refractivity (Wildman–Crippen MR) is 67.3 cm³/mol. The zero-order valence-corrected chi connectivity index (χ0v) is 11.1. The maximum atomic E-state index is 10.6. The number of hydrogen-bond donors (Lipinski definition) is 0. The number of isocyanates is 1. The van der Waals surface area contributed by atoms with Gasteiger partial charge >= 0.3 is 0 Å². The molecule has 0 aliphatic heterocycles. The summed E-state index contributed by atoms with van der Waals surface area (Å²) in [7, 11) is 0. The van der Waals surface area contributed by atoms with Crippen molar-refractivity contribution in [3.63, 3.8) is 0 Å². The summed E-state index contributed by atoms with van der Waals surface area (Å²) < 4.78 is 1.05. The Morgan fingerprint density at radius 1 is 1.38 bits per heavy atom. The molecule has 0 saturated heterocycles. The van der Waals surface area contributed by atoms with Crippen molar-refractivity contribution in [2.24, 2.45) is 4.99 Å². The molecular formula is C13H14BrNO. The third kappa shape index (κ3) is 1.74. The second-order valence-electron chi connectivity index (χ2n) is 4.48. The Kier molecular flexibility index (Phi) is 3.00. The van der Waals surface area contributed by atoms with Gasteiger partial charge in [-0.2, -0.15) is 4.99 Å². The van der Waals surface area contributed by atoms with Gasteiger partial charge in [0.2, 0.25) is 6.08 Å². The zero-order valence-electron chi connectivity index (χ0n) is 9.51. The van der Waals surface area contributed by atoms with Crippen LogP contribution in [0.5, 0.6) is 0 Å². The molecule has 0 amide bonds. The van der Waals surface area contributed by atoms with Crippen molar-refractivity contribution in [1.82, 2.24) is 0 Å². The number of benzene rings is 1.